The van der Waals surface area contributed by atoms with Gasteiger partial charge in [0, 0.05) is 66.8 Å². The normalized spacial score (nSPS) is 13.6. The van der Waals surface area contributed by atoms with Crippen molar-refractivity contribution in [2.75, 3.05) is 9.80 Å². The fraction of sp³-hybridized carbons (Fsp3) is 0.314. The molecule has 394 valence electrons. The van der Waals surface area contributed by atoms with E-state index >= 15 is 0 Å². The third-order valence-corrected chi connectivity index (χ3v) is 15.7. The van der Waals surface area contributed by atoms with Gasteiger partial charge in [-0.25, -0.2) is 4.98 Å². The zero-order valence-electron chi connectivity index (χ0n) is 47.6. The van der Waals surface area contributed by atoms with Crippen LogP contribution in [0.25, 0.3) is 27.6 Å². The Kier molecular flexibility index (Phi) is 14.0. The molecule has 0 unspecified atom stereocenters. The van der Waals surface area contributed by atoms with E-state index in [2.05, 4.69) is 296 Å². The van der Waals surface area contributed by atoms with Crippen LogP contribution >= 0.6 is 0 Å². The topological polar surface area (TPSA) is 33.5 Å². The van der Waals surface area contributed by atoms with Gasteiger partial charge in [0.2, 0.25) is 0 Å². The third-order valence-electron chi connectivity index (χ3n) is 15.7. The predicted octanol–water partition coefficient (Wildman–Crippen LogP) is 18.8. The first-order valence-electron chi connectivity index (χ1n) is 26.8. The van der Waals surface area contributed by atoms with E-state index in [1.165, 1.54) is 38.9 Å². The molecule has 2 aromatic heterocycles. The van der Waals surface area contributed by atoms with Crippen LogP contribution in [0.4, 0.5) is 22.7 Å². The zero-order chi connectivity index (χ0) is 53.6. The molecule has 1 aliphatic heterocycles. The average Bonchev–Trinajstić information content (AvgIpc) is 3.91. The molecule has 0 atom stereocenters. The summed E-state index contributed by atoms with van der Waals surface area (Å²) in [4.78, 5) is 9.74. The second kappa shape index (κ2) is 19.5. The number of nitrogens with zero attached hydrogens (tertiary/aromatic N) is 4. The van der Waals surface area contributed by atoms with Crippen molar-refractivity contribution in [3.63, 3.8) is 0 Å². The minimum absolute atomic E-state index is 0. The molecule has 9 aromatic rings. The van der Waals surface area contributed by atoms with Gasteiger partial charge in [-0.3, -0.25) is 0 Å². The monoisotopic (exact) mass is 1180 g/mol. The molecule has 3 heterocycles. The Morgan fingerprint density at radius 1 is 0.447 bits per heavy atom. The van der Waals surface area contributed by atoms with Gasteiger partial charge in [0.25, 0.3) is 0 Å². The van der Waals surface area contributed by atoms with Crippen LogP contribution in [0.2, 0.25) is 0 Å². The number of aromatic nitrogens is 2. The summed E-state index contributed by atoms with van der Waals surface area (Å²) in [5, 5.41) is 2.32. The van der Waals surface area contributed by atoms with Crippen molar-refractivity contribution in [1.29, 1.82) is 0 Å². The maximum absolute atomic E-state index is 7.30. The van der Waals surface area contributed by atoms with Gasteiger partial charge in [0.05, 0.1) is 0 Å². The number of rotatable bonds is 9. The fourth-order valence-electron chi connectivity index (χ4n) is 11.0. The van der Waals surface area contributed by atoms with Gasteiger partial charge in [-0.1, -0.05) is 213 Å². The number of benzene rings is 7. The molecular weight excluding hydrogens is 1110 g/mol. The maximum Gasteiger partial charge on any atom is 0.135 e. The van der Waals surface area contributed by atoms with Gasteiger partial charge in [0.1, 0.15) is 5.82 Å². The summed E-state index contributed by atoms with van der Waals surface area (Å²) in [5.74, 6) is 2.09. The van der Waals surface area contributed by atoms with Gasteiger partial charge in [-0.2, -0.15) is 0 Å². The number of para-hydroxylation sites is 1. The summed E-state index contributed by atoms with van der Waals surface area (Å²) in [7, 11) is 0. The van der Waals surface area contributed by atoms with Crippen LogP contribution in [0.1, 0.15) is 155 Å². The van der Waals surface area contributed by atoms with E-state index < -0.39 is 5.41 Å². The molecule has 0 aliphatic carbocycles. The molecule has 0 radical (unpaired) electrons. The van der Waals surface area contributed by atoms with E-state index in [0.717, 1.165) is 55.9 Å². The molecule has 0 bridgehead atoms. The van der Waals surface area contributed by atoms with E-state index in [9.17, 15) is 0 Å². The van der Waals surface area contributed by atoms with E-state index in [4.69, 9.17) is 9.72 Å². The number of hydrogen-bond acceptors (Lipinski definition) is 4. The number of fused-ring (bicyclic) bond motifs is 4. The van der Waals surface area contributed by atoms with Gasteiger partial charge in [-0.05, 0) is 108 Å². The SMILES string of the molecule is CC(C)(C)c1ccnc(-n2c3[c-]c(Oc4[c-]c(N5[CH-]N(c6cccc(C(C)(C)c7ccccc7)c6)c6cc(C(C)(C)C)c(C(C)(C)C)cc65)cc(C(C)(C)c5ccccc5)c4)cc(C(C)(C)C)c3c3ccccc32)c1.[Pt]. The standard InChI is InChI=1S/C70H75N4O.Pt/c1-65(2,3)48-34-35-71-63(39-48)74-59-33-24-23-32-55(59)64-58(68(10,11)12)41-54(42-62(64)74)75-53-38-50(70(15,16)47-28-21-18-22-29-47)37-52(40-53)73-45-72(60-43-56(66(4,5)6)57(44-61(60)73)67(7,8)9)51-31-25-30-49(36-51)69(13,14)46-26-19-17-20-27-46;/h17-39,41,43-45H,1-16H3;/q-3;. The largest absolute Gasteiger partial charge is 0.509 e. The number of anilines is 4. The summed E-state index contributed by atoms with van der Waals surface area (Å²) < 4.78 is 9.57. The molecule has 6 heteroatoms. The zero-order valence-corrected chi connectivity index (χ0v) is 49.9. The smallest absolute Gasteiger partial charge is 0.135 e. The van der Waals surface area contributed by atoms with Crippen molar-refractivity contribution in [2.45, 2.75) is 143 Å². The van der Waals surface area contributed by atoms with Crippen molar-refractivity contribution in [3.8, 4) is 17.3 Å². The Morgan fingerprint density at radius 3 is 1.58 bits per heavy atom. The van der Waals surface area contributed by atoms with Gasteiger partial charge >= 0.3 is 0 Å². The molecule has 0 saturated heterocycles. The van der Waals surface area contributed by atoms with Crippen molar-refractivity contribution >= 4 is 44.6 Å². The predicted molar refractivity (Wildman–Crippen MR) is 316 cm³/mol. The van der Waals surface area contributed by atoms with Gasteiger partial charge in [-0.15, -0.1) is 53.8 Å². The molecule has 1 aliphatic rings. The van der Waals surface area contributed by atoms with E-state index in [1.54, 1.807) is 0 Å². The molecule has 0 saturated carbocycles. The van der Waals surface area contributed by atoms with E-state index in [-0.39, 0.29) is 48.1 Å². The third kappa shape index (κ3) is 10.1. The van der Waals surface area contributed by atoms with Gasteiger partial charge < -0.3 is 19.1 Å². The molecule has 10 rings (SSSR count). The van der Waals surface area contributed by atoms with Crippen molar-refractivity contribution < 1.29 is 25.8 Å². The van der Waals surface area contributed by atoms with Crippen LogP contribution in [0.3, 0.4) is 0 Å². The Morgan fingerprint density at radius 2 is 0.987 bits per heavy atom. The Balaban J connectivity index is 0.00000706. The maximum atomic E-state index is 7.30. The second-order valence-corrected chi connectivity index (χ2v) is 26.0. The van der Waals surface area contributed by atoms with Crippen LogP contribution in [-0.2, 0) is 53.6 Å². The Bertz CT molecular complexity index is 3600. The summed E-state index contributed by atoms with van der Waals surface area (Å²) in [6.45, 7) is 39.1. The Hall–Kier alpha value is -6.42. The number of ether oxygens (including phenoxy) is 1. The number of pyridine rings is 1. The second-order valence-electron chi connectivity index (χ2n) is 26.0. The summed E-state index contributed by atoms with van der Waals surface area (Å²) in [6, 6.07) is 63.0. The van der Waals surface area contributed by atoms with Crippen LogP contribution in [-0.4, -0.2) is 9.55 Å². The van der Waals surface area contributed by atoms with Crippen LogP contribution in [0.5, 0.6) is 11.5 Å². The minimum atomic E-state index is -0.407. The van der Waals surface area contributed by atoms with Crippen LogP contribution in [0, 0.1) is 18.8 Å². The van der Waals surface area contributed by atoms with Crippen LogP contribution in [0.15, 0.2) is 158 Å². The summed E-state index contributed by atoms with van der Waals surface area (Å²) in [6.07, 6.45) is 1.93. The molecular formula is C70H75N4OPt-3. The van der Waals surface area contributed by atoms with Crippen molar-refractivity contribution in [3.05, 3.63) is 221 Å². The van der Waals surface area contributed by atoms with Crippen molar-refractivity contribution in [2.24, 2.45) is 0 Å². The van der Waals surface area contributed by atoms with Crippen LogP contribution < -0.4 is 14.5 Å². The Labute approximate surface area is 468 Å². The molecule has 76 heavy (non-hydrogen) atoms. The minimum Gasteiger partial charge on any atom is -0.509 e. The molecule has 7 aromatic carbocycles. The fourth-order valence-corrected chi connectivity index (χ4v) is 11.0. The van der Waals surface area contributed by atoms with E-state index in [0.29, 0.717) is 11.5 Å². The quantitative estimate of drug-likeness (QED) is 0.135. The summed E-state index contributed by atoms with van der Waals surface area (Å²) in [5.41, 5.74) is 14.9. The molecule has 5 nitrogen and oxygen atoms in total. The number of hydrogen-bond donors (Lipinski definition) is 0. The van der Waals surface area contributed by atoms with Gasteiger partial charge in [0.15, 0.2) is 0 Å². The molecule has 0 amide bonds. The average molecular weight is 1180 g/mol. The molecule has 0 spiro atoms. The summed E-state index contributed by atoms with van der Waals surface area (Å²) >= 11 is 0. The van der Waals surface area contributed by atoms with E-state index in [1.807, 2.05) is 6.20 Å². The first-order chi connectivity index (χ1) is 35.2. The molecule has 0 N–H and O–H groups in total. The first-order valence-corrected chi connectivity index (χ1v) is 26.8. The first kappa shape index (κ1) is 54.4. The molecule has 0 fully saturated rings. The van der Waals surface area contributed by atoms with Crippen molar-refractivity contribution in [1.82, 2.24) is 9.55 Å².